The number of aryl methyl sites for hydroxylation is 3. The van der Waals surface area contributed by atoms with Crippen molar-refractivity contribution in [1.29, 1.82) is 0 Å². The second kappa shape index (κ2) is 5.53. The standard InChI is InChI=1S/C14H17Cl2N3/c1-8-4-5-10(15)6-11(8)12(17)7-13-14(16)9(2)18-19(13)3/h4-6,12H,7,17H2,1-3H3. The first-order chi connectivity index (χ1) is 8.90. The van der Waals surface area contributed by atoms with E-state index in [0.29, 0.717) is 16.5 Å². The van der Waals surface area contributed by atoms with Gasteiger partial charge in [0.1, 0.15) is 0 Å². The van der Waals surface area contributed by atoms with Crippen LogP contribution in [0.15, 0.2) is 18.2 Å². The van der Waals surface area contributed by atoms with Gasteiger partial charge in [0.15, 0.2) is 0 Å². The molecule has 2 rings (SSSR count). The number of benzene rings is 1. The molecule has 0 radical (unpaired) electrons. The summed E-state index contributed by atoms with van der Waals surface area (Å²) in [5, 5.41) is 5.69. The summed E-state index contributed by atoms with van der Waals surface area (Å²) in [5.74, 6) is 0. The predicted molar refractivity (Wildman–Crippen MR) is 79.8 cm³/mol. The minimum absolute atomic E-state index is 0.147. The highest BCUT2D eigenvalue weighted by atomic mass is 35.5. The molecular weight excluding hydrogens is 281 g/mol. The monoisotopic (exact) mass is 297 g/mol. The number of hydrogen-bond donors (Lipinski definition) is 1. The molecule has 0 fully saturated rings. The fourth-order valence-corrected chi connectivity index (χ4v) is 2.65. The van der Waals surface area contributed by atoms with Crippen LogP contribution in [0.5, 0.6) is 0 Å². The number of nitrogens with zero attached hydrogens (tertiary/aromatic N) is 2. The maximum absolute atomic E-state index is 6.29. The van der Waals surface area contributed by atoms with E-state index in [0.717, 1.165) is 22.5 Å². The van der Waals surface area contributed by atoms with Crippen molar-refractivity contribution in [1.82, 2.24) is 9.78 Å². The van der Waals surface area contributed by atoms with Crippen LogP contribution in [0.2, 0.25) is 10.0 Å². The Morgan fingerprint density at radius 3 is 2.58 bits per heavy atom. The molecule has 19 heavy (non-hydrogen) atoms. The van der Waals surface area contributed by atoms with E-state index in [4.69, 9.17) is 28.9 Å². The second-order valence-corrected chi connectivity index (χ2v) is 5.60. The van der Waals surface area contributed by atoms with E-state index in [1.54, 1.807) is 4.68 Å². The third kappa shape index (κ3) is 2.94. The maximum Gasteiger partial charge on any atom is 0.0847 e. The zero-order chi connectivity index (χ0) is 14.2. The van der Waals surface area contributed by atoms with Crippen molar-refractivity contribution >= 4 is 23.2 Å². The predicted octanol–water partition coefficient (Wildman–Crippen LogP) is 3.59. The summed E-state index contributed by atoms with van der Waals surface area (Å²) in [6.07, 6.45) is 0.636. The van der Waals surface area contributed by atoms with E-state index in [9.17, 15) is 0 Å². The quantitative estimate of drug-likeness (QED) is 0.941. The lowest BCUT2D eigenvalue weighted by Crippen LogP contribution is -2.16. The van der Waals surface area contributed by atoms with Gasteiger partial charge in [0, 0.05) is 24.5 Å². The molecule has 1 atom stereocenters. The van der Waals surface area contributed by atoms with E-state index < -0.39 is 0 Å². The van der Waals surface area contributed by atoms with Crippen molar-refractivity contribution in [3.05, 3.63) is 50.8 Å². The normalized spacial score (nSPS) is 12.7. The summed E-state index contributed by atoms with van der Waals surface area (Å²) in [6, 6.07) is 5.62. The first-order valence-electron chi connectivity index (χ1n) is 6.09. The van der Waals surface area contributed by atoms with Crippen LogP contribution in [0.3, 0.4) is 0 Å². The van der Waals surface area contributed by atoms with Crippen molar-refractivity contribution in [2.75, 3.05) is 0 Å². The van der Waals surface area contributed by atoms with Crippen LogP contribution in [0.1, 0.15) is 28.6 Å². The zero-order valence-corrected chi connectivity index (χ0v) is 12.8. The fraction of sp³-hybridized carbons (Fsp3) is 0.357. The van der Waals surface area contributed by atoms with Crippen molar-refractivity contribution in [3.8, 4) is 0 Å². The SMILES string of the molecule is Cc1ccc(Cl)cc1C(N)Cc1c(Cl)c(C)nn1C. The molecule has 1 heterocycles. The molecule has 0 saturated heterocycles. The molecule has 102 valence electrons. The van der Waals surface area contributed by atoms with Gasteiger partial charge in [-0.15, -0.1) is 0 Å². The van der Waals surface area contributed by atoms with Crippen molar-refractivity contribution in [2.45, 2.75) is 26.3 Å². The van der Waals surface area contributed by atoms with Crippen LogP contribution < -0.4 is 5.73 Å². The number of aromatic nitrogens is 2. The van der Waals surface area contributed by atoms with Gasteiger partial charge in [0.2, 0.25) is 0 Å². The molecule has 0 saturated carbocycles. The highest BCUT2D eigenvalue weighted by molar-refractivity contribution is 6.32. The number of hydrogen-bond acceptors (Lipinski definition) is 2. The van der Waals surface area contributed by atoms with Gasteiger partial charge in [0.25, 0.3) is 0 Å². The maximum atomic E-state index is 6.29. The highest BCUT2D eigenvalue weighted by Gasteiger charge is 2.17. The molecule has 2 aromatic rings. The van der Waals surface area contributed by atoms with Crippen LogP contribution in [0, 0.1) is 13.8 Å². The van der Waals surface area contributed by atoms with E-state index in [2.05, 4.69) is 5.10 Å². The lowest BCUT2D eigenvalue weighted by Gasteiger charge is -2.15. The lowest BCUT2D eigenvalue weighted by atomic mass is 9.98. The van der Waals surface area contributed by atoms with Crippen LogP contribution in [0.25, 0.3) is 0 Å². The van der Waals surface area contributed by atoms with E-state index in [1.165, 1.54) is 0 Å². The number of rotatable bonds is 3. The minimum Gasteiger partial charge on any atom is -0.324 e. The van der Waals surface area contributed by atoms with Gasteiger partial charge < -0.3 is 5.73 Å². The van der Waals surface area contributed by atoms with E-state index in [-0.39, 0.29) is 6.04 Å². The van der Waals surface area contributed by atoms with Crippen LogP contribution >= 0.6 is 23.2 Å². The average Bonchev–Trinajstić information content (AvgIpc) is 2.59. The Bertz CT molecular complexity index is 605. The van der Waals surface area contributed by atoms with Gasteiger partial charge in [-0.3, -0.25) is 4.68 Å². The Kier molecular flexibility index (Phi) is 4.19. The third-order valence-corrected chi connectivity index (χ3v) is 4.04. The van der Waals surface area contributed by atoms with Crippen molar-refractivity contribution in [2.24, 2.45) is 12.8 Å². The van der Waals surface area contributed by atoms with E-state index >= 15 is 0 Å². The first-order valence-corrected chi connectivity index (χ1v) is 6.85. The second-order valence-electron chi connectivity index (χ2n) is 4.78. The van der Waals surface area contributed by atoms with Gasteiger partial charge in [-0.25, -0.2) is 0 Å². The topological polar surface area (TPSA) is 43.8 Å². The number of halogens is 2. The molecule has 2 N–H and O–H groups in total. The molecule has 0 bridgehead atoms. The van der Waals surface area contributed by atoms with E-state index in [1.807, 2.05) is 39.1 Å². The Hall–Kier alpha value is -1.03. The van der Waals surface area contributed by atoms with Gasteiger partial charge in [-0.05, 0) is 37.1 Å². The summed E-state index contributed by atoms with van der Waals surface area (Å²) in [6.45, 7) is 3.92. The smallest absolute Gasteiger partial charge is 0.0847 e. The summed E-state index contributed by atoms with van der Waals surface area (Å²) < 4.78 is 1.79. The van der Waals surface area contributed by atoms with Crippen LogP contribution in [0.4, 0.5) is 0 Å². The molecule has 0 aliphatic heterocycles. The van der Waals surface area contributed by atoms with Crippen LogP contribution in [-0.4, -0.2) is 9.78 Å². The van der Waals surface area contributed by atoms with Gasteiger partial charge in [-0.2, -0.15) is 5.10 Å². The number of nitrogens with two attached hydrogens (primary N) is 1. The van der Waals surface area contributed by atoms with Gasteiger partial charge in [-0.1, -0.05) is 29.3 Å². The van der Waals surface area contributed by atoms with Crippen molar-refractivity contribution < 1.29 is 0 Å². The van der Waals surface area contributed by atoms with Crippen LogP contribution in [-0.2, 0) is 13.5 Å². The Balaban J connectivity index is 2.30. The Morgan fingerprint density at radius 1 is 1.32 bits per heavy atom. The molecule has 1 aromatic carbocycles. The molecular formula is C14H17Cl2N3. The molecule has 0 aliphatic rings. The van der Waals surface area contributed by atoms with Gasteiger partial charge in [0.05, 0.1) is 16.4 Å². The summed E-state index contributed by atoms with van der Waals surface area (Å²) >= 11 is 12.3. The van der Waals surface area contributed by atoms with Crippen molar-refractivity contribution in [3.63, 3.8) is 0 Å². The molecule has 1 unspecified atom stereocenters. The molecule has 3 nitrogen and oxygen atoms in total. The van der Waals surface area contributed by atoms with Gasteiger partial charge >= 0.3 is 0 Å². The minimum atomic E-state index is -0.147. The molecule has 5 heteroatoms. The third-order valence-electron chi connectivity index (χ3n) is 3.32. The first kappa shape index (κ1) is 14.4. The Morgan fingerprint density at radius 2 is 2.00 bits per heavy atom. The molecule has 0 amide bonds. The molecule has 0 aliphatic carbocycles. The summed E-state index contributed by atoms with van der Waals surface area (Å²) in [4.78, 5) is 0. The lowest BCUT2D eigenvalue weighted by molar-refractivity contribution is 0.638. The summed E-state index contributed by atoms with van der Waals surface area (Å²) in [5.41, 5.74) is 10.2. The zero-order valence-electron chi connectivity index (χ0n) is 11.2. The highest BCUT2D eigenvalue weighted by Crippen LogP contribution is 2.27. The average molecular weight is 298 g/mol. The Labute approximate surface area is 123 Å². The largest absolute Gasteiger partial charge is 0.324 e. The fourth-order valence-electron chi connectivity index (χ4n) is 2.23. The summed E-state index contributed by atoms with van der Waals surface area (Å²) in [7, 11) is 1.88. The molecule has 1 aromatic heterocycles. The molecule has 0 spiro atoms.